The van der Waals surface area contributed by atoms with Crippen molar-refractivity contribution in [2.75, 3.05) is 7.11 Å². The van der Waals surface area contributed by atoms with Crippen LogP contribution in [0.1, 0.15) is 57.9 Å². The minimum Gasteiger partial charge on any atom is -0.497 e. The summed E-state index contributed by atoms with van der Waals surface area (Å²) in [6, 6.07) is 7.06. The zero-order chi connectivity index (χ0) is 16.6. The van der Waals surface area contributed by atoms with Crippen LogP contribution in [-0.2, 0) is 5.41 Å². The summed E-state index contributed by atoms with van der Waals surface area (Å²) in [5, 5.41) is 21.2. The Balaban J connectivity index is 3.44. The normalized spacial score (nSPS) is 11.0. The van der Waals surface area contributed by atoms with Gasteiger partial charge in [-0.05, 0) is 25.0 Å². The van der Waals surface area contributed by atoms with E-state index in [1.165, 1.54) is 13.2 Å². The molecule has 0 aliphatic heterocycles. The highest BCUT2D eigenvalue weighted by Gasteiger charge is 2.37. The van der Waals surface area contributed by atoms with Crippen LogP contribution in [0.4, 0.5) is 5.69 Å². The van der Waals surface area contributed by atoms with Crippen LogP contribution in [0.3, 0.4) is 0 Å². The first kappa shape index (κ1) is 18.0. The third-order valence-corrected chi connectivity index (χ3v) is 4.04. The Morgan fingerprint density at radius 1 is 1.27 bits per heavy atom. The van der Waals surface area contributed by atoms with Gasteiger partial charge >= 0.3 is 0 Å². The number of unbranched alkanes of at least 4 members (excludes halogenated alkanes) is 2. The topological polar surface area (TPSA) is 76.2 Å². The SMILES string of the molecule is CCCCC(C#N)(CCCC)c1cc(OC)ccc1[N+](=O)[O-]. The third-order valence-electron chi connectivity index (χ3n) is 4.04. The Morgan fingerprint density at radius 3 is 2.27 bits per heavy atom. The van der Waals surface area contributed by atoms with Crippen LogP contribution in [0, 0.1) is 21.4 Å². The Bertz CT molecular complexity index is 541. The molecule has 0 bridgehead atoms. The molecule has 0 radical (unpaired) electrons. The zero-order valence-corrected chi connectivity index (χ0v) is 13.6. The molecule has 1 aromatic carbocycles. The summed E-state index contributed by atoms with van der Waals surface area (Å²) in [4.78, 5) is 11.0. The fourth-order valence-corrected chi connectivity index (χ4v) is 2.71. The highest BCUT2D eigenvalue weighted by molar-refractivity contribution is 5.52. The number of nitro benzene ring substituents is 1. The molecule has 22 heavy (non-hydrogen) atoms. The van der Waals surface area contributed by atoms with Crippen molar-refractivity contribution < 1.29 is 9.66 Å². The van der Waals surface area contributed by atoms with Gasteiger partial charge in [0.15, 0.2) is 0 Å². The number of hydrogen-bond acceptors (Lipinski definition) is 4. The van der Waals surface area contributed by atoms with E-state index in [2.05, 4.69) is 19.9 Å². The molecule has 0 N–H and O–H groups in total. The number of nitrogens with zero attached hydrogens (tertiary/aromatic N) is 2. The van der Waals surface area contributed by atoms with Gasteiger partial charge in [0, 0.05) is 6.07 Å². The van der Waals surface area contributed by atoms with E-state index >= 15 is 0 Å². The largest absolute Gasteiger partial charge is 0.497 e. The van der Waals surface area contributed by atoms with Gasteiger partial charge in [0.25, 0.3) is 5.69 Å². The summed E-state index contributed by atoms with van der Waals surface area (Å²) in [6.07, 6.45) is 4.90. The van der Waals surface area contributed by atoms with Crippen LogP contribution in [-0.4, -0.2) is 12.0 Å². The van der Waals surface area contributed by atoms with E-state index in [4.69, 9.17) is 4.74 Å². The van der Waals surface area contributed by atoms with Crippen LogP contribution in [0.5, 0.6) is 5.75 Å². The van der Waals surface area contributed by atoms with Gasteiger partial charge in [0.2, 0.25) is 0 Å². The average molecular weight is 304 g/mol. The van der Waals surface area contributed by atoms with Crippen molar-refractivity contribution in [3.63, 3.8) is 0 Å². The lowest BCUT2D eigenvalue weighted by Crippen LogP contribution is -2.25. The molecule has 120 valence electrons. The van der Waals surface area contributed by atoms with Gasteiger partial charge in [0.1, 0.15) is 5.75 Å². The maximum atomic E-state index is 11.4. The predicted molar refractivity (Wildman–Crippen MR) is 86.0 cm³/mol. The van der Waals surface area contributed by atoms with E-state index in [0.717, 1.165) is 25.7 Å². The molecule has 1 rings (SSSR count). The molecule has 0 fully saturated rings. The Labute approximate surface area is 132 Å². The molecular formula is C17H24N2O3. The van der Waals surface area contributed by atoms with E-state index < -0.39 is 10.3 Å². The standard InChI is InChI=1S/C17H24N2O3/c1-4-6-10-17(13-18,11-7-5-2)15-12-14(22-3)8-9-16(15)19(20)21/h8-9,12H,4-7,10-11H2,1-3H3. The van der Waals surface area contributed by atoms with Crippen LogP contribution < -0.4 is 4.74 Å². The summed E-state index contributed by atoms with van der Waals surface area (Å²) in [5.74, 6) is 0.549. The van der Waals surface area contributed by atoms with Crippen LogP contribution in [0.15, 0.2) is 18.2 Å². The van der Waals surface area contributed by atoms with Crippen LogP contribution in [0.25, 0.3) is 0 Å². The van der Waals surface area contributed by atoms with E-state index in [-0.39, 0.29) is 5.69 Å². The number of nitro groups is 1. The lowest BCUT2D eigenvalue weighted by Gasteiger charge is -2.27. The minimum atomic E-state index is -0.817. The van der Waals surface area contributed by atoms with Gasteiger partial charge in [-0.1, -0.05) is 39.5 Å². The Morgan fingerprint density at radius 2 is 1.86 bits per heavy atom. The maximum absolute atomic E-state index is 11.4. The average Bonchev–Trinajstić information content (AvgIpc) is 2.55. The quantitative estimate of drug-likeness (QED) is 0.487. The summed E-state index contributed by atoms with van der Waals surface area (Å²) in [6.45, 7) is 4.11. The van der Waals surface area contributed by atoms with Gasteiger partial charge in [-0.25, -0.2) is 0 Å². The second-order valence-electron chi connectivity index (χ2n) is 5.54. The highest BCUT2D eigenvalue weighted by atomic mass is 16.6. The molecule has 0 amide bonds. The van der Waals surface area contributed by atoms with Gasteiger partial charge in [-0.3, -0.25) is 10.1 Å². The summed E-state index contributed by atoms with van der Waals surface area (Å²) < 4.78 is 5.21. The van der Waals surface area contributed by atoms with E-state index in [1.807, 2.05) is 0 Å². The molecule has 0 saturated carbocycles. The van der Waals surface area contributed by atoms with E-state index in [0.29, 0.717) is 24.2 Å². The number of methoxy groups -OCH3 is 1. The van der Waals surface area contributed by atoms with Crippen LogP contribution in [0.2, 0.25) is 0 Å². The second kappa shape index (κ2) is 8.38. The molecular weight excluding hydrogens is 280 g/mol. The van der Waals surface area contributed by atoms with Crippen LogP contribution >= 0.6 is 0 Å². The first-order valence-electron chi connectivity index (χ1n) is 7.78. The van der Waals surface area contributed by atoms with Crippen molar-refractivity contribution >= 4 is 5.69 Å². The fourth-order valence-electron chi connectivity index (χ4n) is 2.71. The molecule has 1 aromatic rings. The van der Waals surface area contributed by atoms with Gasteiger partial charge < -0.3 is 4.74 Å². The lowest BCUT2D eigenvalue weighted by molar-refractivity contribution is -0.386. The number of nitriles is 1. The fraction of sp³-hybridized carbons (Fsp3) is 0.588. The third kappa shape index (κ3) is 3.97. The van der Waals surface area contributed by atoms with Crippen molar-refractivity contribution in [3.8, 4) is 11.8 Å². The Hall–Kier alpha value is -2.09. The zero-order valence-electron chi connectivity index (χ0n) is 13.6. The Kier molecular flexibility index (Phi) is 6.84. The maximum Gasteiger partial charge on any atom is 0.274 e. The molecule has 5 nitrogen and oxygen atoms in total. The summed E-state index contributed by atoms with van der Waals surface area (Å²) in [5.41, 5.74) is -0.320. The van der Waals surface area contributed by atoms with E-state index in [9.17, 15) is 15.4 Å². The molecule has 0 aromatic heterocycles. The highest BCUT2D eigenvalue weighted by Crippen LogP contribution is 2.41. The summed E-state index contributed by atoms with van der Waals surface area (Å²) >= 11 is 0. The first-order chi connectivity index (χ1) is 10.5. The number of benzene rings is 1. The van der Waals surface area contributed by atoms with Gasteiger partial charge in [-0.2, -0.15) is 5.26 Å². The van der Waals surface area contributed by atoms with E-state index in [1.54, 1.807) is 12.1 Å². The second-order valence-corrected chi connectivity index (χ2v) is 5.54. The smallest absolute Gasteiger partial charge is 0.274 e. The predicted octanol–water partition coefficient (Wildman–Crippen LogP) is 4.75. The van der Waals surface area contributed by atoms with Gasteiger partial charge in [-0.15, -0.1) is 0 Å². The molecule has 0 spiro atoms. The molecule has 0 aliphatic rings. The molecule has 0 heterocycles. The molecule has 5 heteroatoms. The first-order valence-corrected chi connectivity index (χ1v) is 7.78. The molecule has 0 unspecified atom stereocenters. The van der Waals surface area contributed by atoms with Gasteiger partial charge in [0.05, 0.1) is 29.1 Å². The number of hydrogen-bond donors (Lipinski definition) is 0. The van der Waals surface area contributed by atoms with Crippen molar-refractivity contribution in [1.82, 2.24) is 0 Å². The van der Waals surface area contributed by atoms with Crippen molar-refractivity contribution in [1.29, 1.82) is 5.26 Å². The van der Waals surface area contributed by atoms with Crippen molar-refractivity contribution in [3.05, 3.63) is 33.9 Å². The minimum absolute atomic E-state index is 0.00885. The lowest BCUT2D eigenvalue weighted by atomic mass is 9.73. The number of rotatable bonds is 9. The molecule has 0 atom stereocenters. The van der Waals surface area contributed by atoms with Crippen molar-refractivity contribution in [2.24, 2.45) is 0 Å². The monoisotopic (exact) mass is 304 g/mol. The molecule has 0 saturated heterocycles. The molecule has 0 aliphatic carbocycles. The number of ether oxygens (including phenoxy) is 1. The summed E-state index contributed by atoms with van der Waals surface area (Å²) in [7, 11) is 1.52. The van der Waals surface area contributed by atoms with Crippen molar-refractivity contribution in [2.45, 2.75) is 57.8 Å².